The predicted molar refractivity (Wildman–Crippen MR) is 41.9 cm³/mol. The molecule has 7 heteroatoms. The first kappa shape index (κ1) is 8.95. The first-order valence-corrected chi connectivity index (χ1v) is 3.15. The number of rotatable bonds is 2. The summed E-state index contributed by atoms with van der Waals surface area (Å²) in [7, 11) is 0. The molecule has 1 rings (SSSR count). The maximum Gasteiger partial charge on any atom is 0.314 e. The average Bonchev–Trinajstić information content (AvgIpc) is 2.04. The van der Waals surface area contributed by atoms with E-state index in [4.69, 9.17) is 5.53 Å². The number of nitro benzene ring substituents is 1. The van der Waals surface area contributed by atoms with Crippen LogP contribution in [0.4, 0.5) is 15.8 Å². The lowest BCUT2D eigenvalue weighted by Gasteiger charge is -1.95. The van der Waals surface area contributed by atoms with Crippen LogP contribution >= 0.6 is 0 Å². The number of nitrogens with zero attached hydrogens (tertiary/aromatic N) is 4. The number of hydrogen-bond donors (Lipinski definition) is 0. The topological polar surface area (TPSA) is 91.9 Å². The molecule has 0 saturated carbocycles. The van der Waals surface area contributed by atoms with Gasteiger partial charge in [0.25, 0.3) is 0 Å². The predicted octanol–water partition coefficient (Wildman–Crippen LogP) is 2.68. The van der Waals surface area contributed by atoms with Gasteiger partial charge in [-0.2, -0.15) is 4.39 Å². The molecular weight excluding hydrogens is 179 g/mol. The van der Waals surface area contributed by atoms with Crippen molar-refractivity contribution >= 4 is 11.4 Å². The van der Waals surface area contributed by atoms with Gasteiger partial charge in [0, 0.05) is 4.91 Å². The fraction of sp³-hybridized carbons (Fsp3) is 0. The minimum atomic E-state index is -1.02. The van der Waals surface area contributed by atoms with Gasteiger partial charge in [0.05, 0.1) is 4.92 Å². The van der Waals surface area contributed by atoms with E-state index in [2.05, 4.69) is 10.0 Å². The summed E-state index contributed by atoms with van der Waals surface area (Å²) in [5.41, 5.74) is 6.90. The summed E-state index contributed by atoms with van der Waals surface area (Å²) >= 11 is 0. The molecule has 0 unspecified atom stereocenters. The van der Waals surface area contributed by atoms with E-state index in [9.17, 15) is 14.5 Å². The first-order chi connectivity index (χ1) is 6.16. The zero-order chi connectivity index (χ0) is 9.84. The molecule has 0 spiro atoms. The monoisotopic (exact) mass is 182 g/mol. The van der Waals surface area contributed by atoms with E-state index in [1.807, 2.05) is 0 Å². The van der Waals surface area contributed by atoms with E-state index >= 15 is 0 Å². The second-order valence-electron chi connectivity index (χ2n) is 2.05. The fourth-order valence-electron chi connectivity index (χ4n) is 0.814. The van der Waals surface area contributed by atoms with Crippen LogP contribution in [0.1, 0.15) is 0 Å². The zero-order valence-electron chi connectivity index (χ0n) is 6.22. The van der Waals surface area contributed by atoms with Crippen LogP contribution in [0.25, 0.3) is 10.4 Å². The maximum absolute atomic E-state index is 12.8. The van der Waals surface area contributed by atoms with Gasteiger partial charge in [-0.25, -0.2) is 0 Å². The Kier molecular flexibility index (Phi) is 2.41. The summed E-state index contributed by atoms with van der Waals surface area (Å²) in [6.07, 6.45) is 0. The Bertz CT molecular complexity index is 400. The summed E-state index contributed by atoms with van der Waals surface area (Å²) in [4.78, 5) is 11.7. The van der Waals surface area contributed by atoms with E-state index in [1.54, 1.807) is 0 Å². The Labute approximate surface area is 71.4 Å². The SMILES string of the molecule is [N-]=[N+]=Nc1cccc(F)c1[N+](=O)[O-]. The lowest BCUT2D eigenvalue weighted by atomic mass is 10.2. The zero-order valence-corrected chi connectivity index (χ0v) is 6.22. The van der Waals surface area contributed by atoms with Crippen LogP contribution in [-0.4, -0.2) is 4.92 Å². The normalized spacial score (nSPS) is 9.00. The summed E-state index contributed by atoms with van der Waals surface area (Å²) in [6, 6.07) is 3.32. The molecule has 0 N–H and O–H groups in total. The van der Waals surface area contributed by atoms with E-state index < -0.39 is 16.4 Å². The molecule has 1 aromatic rings. The van der Waals surface area contributed by atoms with Gasteiger partial charge in [0.2, 0.25) is 5.82 Å². The first-order valence-electron chi connectivity index (χ1n) is 3.15. The number of hydrogen-bond acceptors (Lipinski definition) is 3. The summed E-state index contributed by atoms with van der Waals surface area (Å²) in [5, 5.41) is 13.3. The number of para-hydroxylation sites is 1. The molecule has 6 nitrogen and oxygen atoms in total. The Hall–Kier alpha value is -2.14. The number of halogens is 1. The van der Waals surface area contributed by atoms with E-state index in [-0.39, 0.29) is 5.69 Å². The molecule has 0 heterocycles. The van der Waals surface area contributed by atoms with Crippen LogP contribution in [-0.2, 0) is 0 Å². The van der Waals surface area contributed by atoms with Crippen molar-refractivity contribution < 1.29 is 9.31 Å². The van der Waals surface area contributed by atoms with E-state index in [1.165, 1.54) is 12.1 Å². The van der Waals surface area contributed by atoms with Gasteiger partial charge in [0.1, 0.15) is 5.69 Å². The molecular formula is C6H3FN4O2. The Morgan fingerprint density at radius 2 is 2.31 bits per heavy atom. The van der Waals surface area contributed by atoms with Crippen molar-refractivity contribution in [3.05, 3.63) is 44.6 Å². The fourth-order valence-corrected chi connectivity index (χ4v) is 0.814. The molecule has 13 heavy (non-hydrogen) atoms. The third kappa shape index (κ3) is 1.71. The highest BCUT2D eigenvalue weighted by Gasteiger charge is 2.18. The quantitative estimate of drug-likeness (QED) is 0.231. The maximum atomic E-state index is 12.8. The molecule has 0 aliphatic carbocycles. The van der Waals surface area contributed by atoms with Crippen molar-refractivity contribution in [1.29, 1.82) is 0 Å². The van der Waals surface area contributed by atoms with Gasteiger partial charge in [-0.1, -0.05) is 11.2 Å². The lowest BCUT2D eigenvalue weighted by Crippen LogP contribution is -1.91. The van der Waals surface area contributed by atoms with Gasteiger partial charge in [-0.05, 0) is 17.7 Å². The molecule has 0 amide bonds. The summed E-state index contributed by atoms with van der Waals surface area (Å²) in [6.45, 7) is 0. The van der Waals surface area contributed by atoms with Crippen molar-refractivity contribution in [3.63, 3.8) is 0 Å². The van der Waals surface area contributed by atoms with E-state index in [0.29, 0.717) is 0 Å². The smallest absolute Gasteiger partial charge is 0.258 e. The van der Waals surface area contributed by atoms with Crippen molar-refractivity contribution in [2.24, 2.45) is 5.11 Å². The Balaban J connectivity index is 3.42. The highest BCUT2D eigenvalue weighted by molar-refractivity contribution is 5.57. The van der Waals surface area contributed by atoms with Crippen molar-refractivity contribution in [2.75, 3.05) is 0 Å². The minimum absolute atomic E-state index is 0.326. The summed E-state index contributed by atoms with van der Waals surface area (Å²) in [5.74, 6) is -1.02. The highest BCUT2D eigenvalue weighted by Crippen LogP contribution is 2.29. The molecule has 0 aromatic heterocycles. The van der Waals surface area contributed by atoms with Gasteiger partial charge in [-0.3, -0.25) is 10.1 Å². The standard InChI is InChI=1S/C6H3FN4O2/c7-4-2-1-3-5(9-10-8)6(4)11(12)13/h1-3H. The second kappa shape index (κ2) is 3.51. The molecule has 0 bridgehead atoms. The number of nitro groups is 1. The molecule has 66 valence electrons. The van der Waals surface area contributed by atoms with Crippen molar-refractivity contribution in [1.82, 2.24) is 0 Å². The Morgan fingerprint density at radius 1 is 1.62 bits per heavy atom. The third-order valence-electron chi connectivity index (χ3n) is 1.30. The molecule has 0 aliphatic rings. The van der Waals surface area contributed by atoms with Gasteiger partial charge in [-0.15, -0.1) is 0 Å². The molecule has 0 fully saturated rings. The average molecular weight is 182 g/mol. The molecule has 0 radical (unpaired) electrons. The van der Waals surface area contributed by atoms with Gasteiger partial charge < -0.3 is 0 Å². The summed E-state index contributed by atoms with van der Waals surface area (Å²) < 4.78 is 12.8. The van der Waals surface area contributed by atoms with Crippen LogP contribution in [0, 0.1) is 15.9 Å². The molecule has 0 saturated heterocycles. The van der Waals surface area contributed by atoms with Crippen LogP contribution in [0.5, 0.6) is 0 Å². The number of azide groups is 1. The van der Waals surface area contributed by atoms with E-state index in [0.717, 1.165) is 6.07 Å². The molecule has 0 aliphatic heterocycles. The van der Waals surface area contributed by atoms with Crippen LogP contribution in [0.15, 0.2) is 23.3 Å². The number of benzene rings is 1. The lowest BCUT2D eigenvalue weighted by molar-refractivity contribution is -0.386. The van der Waals surface area contributed by atoms with Gasteiger partial charge >= 0.3 is 5.69 Å². The highest BCUT2D eigenvalue weighted by atomic mass is 19.1. The Morgan fingerprint density at radius 3 is 2.85 bits per heavy atom. The molecule has 1 aromatic carbocycles. The van der Waals surface area contributed by atoms with Crippen molar-refractivity contribution in [2.45, 2.75) is 0 Å². The van der Waals surface area contributed by atoms with Crippen LogP contribution in [0.2, 0.25) is 0 Å². The van der Waals surface area contributed by atoms with Crippen molar-refractivity contribution in [3.8, 4) is 0 Å². The van der Waals surface area contributed by atoms with Crippen LogP contribution < -0.4 is 0 Å². The third-order valence-corrected chi connectivity index (χ3v) is 1.30. The molecule has 0 atom stereocenters. The minimum Gasteiger partial charge on any atom is -0.258 e. The largest absolute Gasteiger partial charge is 0.314 e. The van der Waals surface area contributed by atoms with Gasteiger partial charge in [0.15, 0.2) is 0 Å². The second-order valence-corrected chi connectivity index (χ2v) is 2.05. The van der Waals surface area contributed by atoms with Crippen LogP contribution in [0.3, 0.4) is 0 Å².